The molecule has 9 heteroatoms. The summed E-state index contributed by atoms with van der Waals surface area (Å²) in [7, 11) is 1.64. The molecule has 27 heavy (non-hydrogen) atoms. The number of carbonyl (C=O) groups excluding carboxylic acids is 1. The van der Waals surface area contributed by atoms with Crippen LogP contribution in [-0.4, -0.2) is 52.4 Å². The monoisotopic (exact) mass is 389 g/mol. The van der Waals surface area contributed by atoms with Crippen molar-refractivity contribution in [3.8, 4) is 5.75 Å². The van der Waals surface area contributed by atoms with Crippen molar-refractivity contribution >= 4 is 17.7 Å². The molecule has 0 bridgehead atoms. The van der Waals surface area contributed by atoms with Gasteiger partial charge in [0.25, 0.3) is 0 Å². The second kappa shape index (κ2) is 7.77. The van der Waals surface area contributed by atoms with Gasteiger partial charge in [0.1, 0.15) is 16.8 Å². The molecule has 1 saturated heterocycles. The molecule has 1 fully saturated rings. The lowest BCUT2D eigenvalue weighted by Crippen LogP contribution is -2.45. The van der Waals surface area contributed by atoms with Crippen molar-refractivity contribution in [1.82, 2.24) is 20.2 Å². The first-order chi connectivity index (χ1) is 13.2. The van der Waals surface area contributed by atoms with Gasteiger partial charge in [-0.3, -0.25) is 4.79 Å². The Bertz CT molecular complexity index is 804. The number of ether oxygens (including phenoxy) is 2. The summed E-state index contributed by atoms with van der Waals surface area (Å²) in [5.74, 6) is 1.51. The highest BCUT2D eigenvalue weighted by molar-refractivity contribution is 8.00. The molecule has 1 amide bonds. The van der Waals surface area contributed by atoms with Crippen molar-refractivity contribution in [2.24, 2.45) is 0 Å². The minimum atomic E-state index is -0.365. The zero-order valence-electron chi connectivity index (χ0n) is 15.3. The largest absolute Gasteiger partial charge is 0.497 e. The molecular weight excluding hydrogens is 366 g/mol. The Labute approximate surface area is 162 Å². The number of rotatable bonds is 5. The van der Waals surface area contributed by atoms with E-state index in [-0.39, 0.29) is 23.3 Å². The number of amides is 1. The van der Waals surface area contributed by atoms with Gasteiger partial charge in [-0.1, -0.05) is 23.9 Å². The molecular formula is C18H23N5O3S. The van der Waals surface area contributed by atoms with Gasteiger partial charge in [-0.15, -0.1) is 10.2 Å². The lowest BCUT2D eigenvalue weighted by atomic mass is 10.0. The molecule has 2 aromatic rings. The standard InChI is InChI=1S/C18H23N5O3S/c1-11-20-21-18-23(11)22-15(12-5-7-13(25-2)8-6-12)16(27-18)17(24)19-10-14-4-3-9-26-14/h5-8,14-16,22H,3-4,9-10H2,1-2H3,(H,19,24). The number of aromatic nitrogens is 3. The molecule has 3 atom stereocenters. The zero-order valence-corrected chi connectivity index (χ0v) is 16.2. The average Bonchev–Trinajstić information content (AvgIpc) is 3.35. The highest BCUT2D eigenvalue weighted by Crippen LogP contribution is 2.37. The van der Waals surface area contributed by atoms with Crippen molar-refractivity contribution in [3.05, 3.63) is 35.7 Å². The molecule has 0 aliphatic carbocycles. The van der Waals surface area contributed by atoms with Crippen LogP contribution in [0.25, 0.3) is 0 Å². The van der Waals surface area contributed by atoms with E-state index in [1.165, 1.54) is 11.8 Å². The Hall–Kier alpha value is -2.26. The van der Waals surface area contributed by atoms with Crippen LogP contribution >= 0.6 is 11.8 Å². The number of nitrogens with zero attached hydrogens (tertiary/aromatic N) is 3. The summed E-state index contributed by atoms with van der Waals surface area (Å²) in [6.45, 7) is 3.20. The van der Waals surface area contributed by atoms with Gasteiger partial charge in [0.15, 0.2) is 0 Å². The zero-order chi connectivity index (χ0) is 18.8. The molecule has 3 unspecified atom stereocenters. The van der Waals surface area contributed by atoms with Crippen LogP contribution in [0.2, 0.25) is 0 Å². The number of benzene rings is 1. The van der Waals surface area contributed by atoms with E-state index >= 15 is 0 Å². The van der Waals surface area contributed by atoms with Crippen molar-refractivity contribution in [3.63, 3.8) is 0 Å². The number of thioether (sulfide) groups is 1. The minimum absolute atomic E-state index is 0.0317. The molecule has 1 aromatic heterocycles. The Morgan fingerprint density at radius 1 is 1.41 bits per heavy atom. The summed E-state index contributed by atoms with van der Waals surface area (Å²) in [5.41, 5.74) is 4.40. The number of fused-ring (bicyclic) bond motifs is 1. The summed E-state index contributed by atoms with van der Waals surface area (Å²) in [4.78, 5) is 13.0. The van der Waals surface area contributed by atoms with Crippen LogP contribution in [0.3, 0.4) is 0 Å². The molecule has 3 heterocycles. The van der Waals surface area contributed by atoms with E-state index in [0.29, 0.717) is 11.7 Å². The van der Waals surface area contributed by atoms with E-state index in [1.807, 2.05) is 35.9 Å². The molecule has 4 rings (SSSR count). The summed E-state index contributed by atoms with van der Waals surface area (Å²) in [6, 6.07) is 7.53. The third kappa shape index (κ3) is 3.74. The molecule has 0 radical (unpaired) electrons. The molecule has 0 saturated carbocycles. The Morgan fingerprint density at radius 3 is 2.93 bits per heavy atom. The van der Waals surface area contributed by atoms with Gasteiger partial charge in [-0.25, -0.2) is 4.68 Å². The van der Waals surface area contributed by atoms with E-state index in [2.05, 4.69) is 20.9 Å². The highest BCUT2D eigenvalue weighted by Gasteiger charge is 2.37. The lowest BCUT2D eigenvalue weighted by Gasteiger charge is -2.33. The first-order valence-electron chi connectivity index (χ1n) is 9.04. The fourth-order valence-electron chi connectivity index (χ4n) is 3.34. The third-order valence-electron chi connectivity index (χ3n) is 4.86. The molecule has 2 aliphatic heterocycles. The molecule has 8 nitrogen and oxygen atoms in total. The summed E-state index contributed by atoms with van der Waals surface area (Å²) >= 11 is 1.42. The quantitative estimate of drug-likeness (QED) is 0.803. The van der Waals surface area contributed by atoms with Crippen molar-refractivity contribution < 1.29 is 14.3 Å². The SMILES string of the molecule is COc1ccc(C2Nn3c(C)nnc3SC2C(=O)NCC2CCCO2)cc1. The lowest BCUT2D eigenvalue weighted by molar-refractivity contribution is -0.121. The smallest absolute Gasteiger partial charge is 0.236 e. The van der Waals surface area contributed by atoms with Gasteiger partial charge in [-0.2, -0.15) is 0 Å². The van der Waals surface area contributed by atoms with Gasteiger partial charge < -0.3 is 20.2 Å². The Kier molecular flexibility index (Phi) is 5.22. The third-order valence-corrected chi connectivity index (χ3v) is 6.07. The molecule has 0 spiro atoms. The van der Waals surface area contributed by atoms with Crippen LogP contribution < -0.4 is 15.5 Å². The van der Waals surface area contributed by atoms with E-state index < -0.39 is 0 Å². The van der Waals surface area contributed by atoms with E-state index in [9.17, 15) is 4.79 Å². The summed E-state index contributed by atoms with van der Waals surface area (Å²) in [6.07, 6.45) is 2.16. The molecule has 1 aromatic carbocycles. The molecule has 2 N–H and O–H groups in total. The van der Waals surface area contributed by atoms with E-state index in [1.54, 1.807) is 7.11 Å². The van der Waals surface area contributed by atoms with Gasteiger partial charge in [0.05, 0.1) is 19.3 Å². The van der Waals surface area contributed by atoms with Gasteiger partial charge >= 0.3 is 0 Å². The number of methoxy groups -OCH3 is 1. The maximum absolute atomic E-state index is 13.0. The predicted molar refractivity (Wildman–Crippen MR) is 101 cm³/mol. The number of carbonyl (C=O) groups is 1. The van der Waals surface area contributed by atoms with Crippen LogP contribution in [0, 0.1) is 6.92 Å². The number of aryl methyl sites for hydroxylation is 1. The first-order valence-corrected chi connectivity index (χ1v) is 9.92. The molecule has 2 aliphatic rings. The maximum atomic E-state index is 13.0. The first kappa shape index (κ1) is 18.1. The second-order valence-electron chi connectivity index (χ2n) is 6.66. The van der Waals surface area contributed by atoms with Crippen molar-refractivity contribution in [2.75, 3.05) is 25.7 Å². The van der Waals surface area contributed by atoms with E-state index in [0.717, 1.165) is 36.6 Å². The number of nitrogens with one attached hydrogen (secondary N) is 2. The minimum Gasteiger partial charge on any atom is -0.497 e. The van der Waals surface area contributed by atoms with Crippen LogP contribution in [0.5, 0.6) is 5.75 Å². The predicted octanol–water partition coefficient (Wildman–Crippen LogP) is 1.65. The highest BCUT2D eigenvalue weighted by atomic mass is 32.2. The van der Waals surface area contributed by atoms with Crippen LogP contribution in [0.1, 0.15) is 30.3 Å². The average molecular weight is 389 g/mol. The fraction of sp³-hybridized carbons (Fsp3) is 0.500. The number of hydrogen-bond donors (Lipinski definition) is 2. The van der Waals surface area contributed by atoms with Gasteiger partial charge in [0, 0.05) is 13.2 Å². The number of hydrogen-bond acceptors (Lipinski definition) is 7. The van der Waals surface area contributed by atoms with Gasteiger partial charge in [0.2, 0.25) is 11.1 Å². The van der Waals surface area contributed by atoms with Crippen molar-refractivity contribution in [2.45, 2.75) is 42.3 Å². The van der Waals surface area contributed by atoms with Crippen molar-refractivity contribution in [1.29, 1.82) is 0 Å². The molecule has 144 valence electrons. The summed E-state index contributed by atoms with van der Waals surface area (Å²) < 4.78 is 12.7. The Morgan fingerprint density at radius 2 is 2.22 bits per heavy atom. The normalized spacial score (nSPS) is 24.1. The van der Waals surface area contributed by atoms with E-state index in [4.69, 9.17) is 9.47 Å². The van der Waals surface area contributed by atoms with Crippen LogP contribution in [0.4, 0.5) is 0 Å². The summed E-state index contributed by atoms with van der Waals surface area (Å²) in [5, 5.41) is 11.7. The second-order valence-corrected chi connectivity index (χ2v) is 7.77. The van der Waals surface area contributed by atoms with Crippen LogP contribution in [-0.2, 0) is 9.53 Å². The fourth-order valence-corrected chi connectivity index (χ4v) is 4.49. The Balaban J connectivity index is 1.56. The topological polar surface area (TPSA) is 90.3 Å². The van der Waals surface area contributed by atoms with Gasteiger partial charge in [-0.05, 0) is 37.5 Å². The van der Waals surface area contributed by atoms with Crippen LogP contribution in [0.15, 0.2) is 29.4 Å². The maximum Gasteiger partial charge on any atom is 0.236 e.